The van der Waals surface area contributed by atoms with E-state index >= 15 is 4.39 Å². The third kappa shape index (κ3) is 4.18. The highest BCUT2D eigenvalue weighted by atomic mass is 19.1. The number of hydrogen-bond donors (Lipinski definition) is 2. The van der Waals surface area contributed by atoms with E-state index in [0.29, 0.717) is 31.0 Å². The van der Waals surface area contributed by atoms with E-state index in [2.05, 4.69) is 20.6 Å². The molecule has 32 heavy (non-hydrogen) atoms. The summed E-state index contributed by atoms with van der Waals surface area (Å²) in [6.07, 6.45) is 3.10. The lowest BCUT2D eigenvalue weighted by Crippen LogP contribution is -2.44. The summed E-state index contributed by atoms with van der Waals surface area (Å²) >= 11 is 0. The maximum Gasteiger partial charge on any atom is 0.235 e. The molecule has 3 fully saturated rings. The summed E-state index contributed by atoms with van der Waals surface area (Å²) < 4.78 is 17.0. The van der Waals surface area contributed by atoms with Crippen LogP contribution in [0.3, 0.4) is 0 Å². The van der Waals surface area contributed by atoms with Gasteiger partial charge in [-0.3, -0.25) is 19.6 Å². The van der Waals surface area contributed by atoms with Crippen molar-refractivity contribution in [1.29, 1.82) is 0 Å². The fourth-order valence-corrected chi connectivity index (χ4v) is 5.68. The van der Waals surface area contributed by atoms with Crippen LogP contribution in [0, 0.1) is 5.92 Å². The number of nitrogens with one attached hydrogen (secondary N) is 2. The van der Waals surface area contributed by atoms with Crippen molar-refractivity contribution >= 4 is 22.7 Å². The smallest absolute Gasteiger partial charge is 0.235 e. The third-order valence-electron chi connectivity index (χ3n) is 7.50. The number of alkyl halides is 1. The molecule has 0 saturated carbocycles. The molecule has 3 atom stereocenters. The predicted molar refractivity (Wildman–Crippen MR) is 120 cm³/mol. The highest BCUT2D eigenvalue weighted by molar-refractivity contribution is 6.02. The van der Waals surface area contributed by atoms with E-state index in [-0.39, 0.29) is 17.7 Å². The lowest BCUT2D eigenvalue weighted by molar-refractivity contribution is -0.134. The number of benzene rings is 1. The third-order valence-corrected chi connectivity index (χ3v) is 7.50. The molecule has 1 aromatic carbocycles. The van der Waals surface area contributed by atoms with Crippen LogP contribution >= 0.6 is 0 Å². The molecule has 8 heteroatoms. The number of likely N-dealkylation sites (tertiary alicyclic amines) is 1. The number of hydrogen-bond acceptors (Lipinski definition) is 5. The van der Waals surface area contributed by atoms with E-state index in [0.717, 1.165) is 49.1 Å². The van der Waals surface area contributed by atoms with Crippen molar-refractivity contribution in [3.8, 4) is 0 Å². The number of imide groups is 1. The van der Waals surface area contributed by atoms with Crippen molar-refractivity contribution < 1.29 is 14.0 Å². The van der Waals surface area contributed by atoms with Crippen LogP contribution in [0.25, 0.3) is 10.9 Å². The Morgan fingerprint density at radius 1 is 1.16 bits per heavy atom. The second-order valence-corrected chi connectivity index (χ2v) is 9.65. The highest BCUT2D eigenvalue weighted by Gasteiger charge is 2.34. The Balaban J connectivity index is 1.31. The molecule has 1 aromatic heterocycles. The molecule has 3 saturated heterocycles. The molecule has 0 spiro atoms. The molecule has 3 aliphatic heterocycles. The van der Waals surface area contributed by atoms with Gasteiger partial charge in [0, 0.05) is 37.9 Å². The van der Waals surface area contributed by atoms with E-state index in [9.17, 15) is 9.59 Å². The Labute approximate surface area is 187 Å². The fourth-order valence-electron chi connectivity index (χ4n) is 5.68. The number of aromatic nitrogens is 2. The van der Waals surface area contributed by atoms with Crippen molar-refractivity contribution in [2.75, 3.05) is 32.7 Å². The van der Waals surface area contributed by atoms with Crippen LogP contribution in [0.1, 0.15) is 55.2 Å². The fraction of sp³-hybridized carbons (Fsp3) is 0.625. The zero-order valence-electron chi connectivity index (χ0n) is 18.6. The number of rotatable bonds is 4. The number of aryl methyl sites for hydroxylation is 1. The van der Waals surface area contributed by atoms with Crippen LogP contribution in [0.4, 0.5) is 4.39 Å². The monoisotopic (exact) mass is 441 g/mol. The van der Waals surface area contributed by atoms with Crippen LogP contribution in [0.2, 0.25) is 0 Å². The Hall–Kier alpha value is -2.32. The summed E-state index contributed by atoms with van der Waals surface area (Å²) in [6.45, 7) is 4.59. The first kappa shape index (κ1) is 21.5. The molecule has 5 rings (SSSR count). The Morgan fingerprint density at radius 2 is 1.97 bits per heavy atom. The van der Waals surface area contributed by atoms with E-state index in [1.807, 2.05) is 25.2 Å². The molecule has 0 bridgehead atoms. The van der Waals surface area contributed by atoms with Gasteiger partial charge in [-0.25, -0.2) is 4.39 Å². The minimum atomic E-state index is -0.884. The molecule has 0 aliphatic carbocycles. The molecule has 4 heterocycles. The van der Waals surface area contributed by atoms with E-state index < -0.39 is 12.1 Å². The molecule has 2 N–H and O–H groups in total. The molecular weight excluding hydrogens is 409 g/mol. The summed E-state index contributed by atoms with van der Waals surface area (Å²) in [5, 5.41) is 11.3. The largest absolute Gasteiger partial charge is 0.317 e. The summed E-state index contributed by atoms with van der Waals surface area (Å²) in [6, 6.07) is 6.02. The van der Waals surface area contributed by atoms with Gasteiger partial charge in [-0.15, -0.1) is 0 Å². The summed E-state index contributed by atoms with van der Waals surface area (Å²) in [7, 11) is 1.86. The summed E-state index contributed by atoms with van der Waals surface area (Å²) in [5.41, 5.74) is 2.61. The Kier molecular flexibility index (Phi) is 5.99. The van der Waals surface area contributed by atoms with Crippen LogP contribution in [0.15, 0.2) is 18.2 Å². The molecule has 2 amide bonds. The van der Waals surface area contributed by atoms with Gasteiger partial charge < -0.3 is 10.2 Å². The zero-order valence-corrected chi connectivity index (χ0v) is 18.6. The summed E-state index contributed by atoms with van der Waals surface area (Å²) in [4.78, 5) is 26.2. The quantitative estimate of drug-likeness (QED) is 0.712. The van der Waals surface area contributed by atoms with Gasteiger partial charge in [0.1, 0.15) is 6.17 Å². The number of fused-ring (bicyclic) bond motifs is 1. The first-order valence-electron chi connectivity index (χ1n) is 11.9. The number of carbonyl (C=O) groups is 2. The minimum absolute atomic E-state index is 0.113. The van der Waals surface area contributed by atoms with Gasteiger partial charge in [0.15, 0.2) is 0 Å². The average Bonchev–Trinajstić information content (AvgIpc) is 3.10. The number of piperidine rings is 3. The van der Waals surface area contributed by atoms with E-state index in [4.69, 9.17) is 0 Å². The number of amides is 2. The van der Waals surface area contributed by atoms with Crippen LogP contribution in [-0.2, 0) is 16.6 Å². The van der Waals surface area contributed by atoms with Crippen molar-refractivity contribution in [2.24, 2.45) is 13.0 Å². The molecule has 172 valence electrons. The van der Waals surface area contributed by atoms with Crippen LogP contribution < -0.4 is 10.6 Å². The zero-order chi connectivity index (χ0) is 22.2. The highest BCUT2D eigenvalue weighted by Crippen LogP contribution is 2.35. The average molecular weight is 442 g/mol. The van der Waals surface area contributed by atoms with Gasteiger partial charge in [-0.1, -0.05) is 12.1 Å². The van der Waals surface area contributed by atoms with E-state index in [1.165, 1.54) is 12.8 Å². The number of halogens is 1. The predicted octanol–water partition coefficient (Wildman–Crippen LogP) is 2.22. The lowest BCUT2D eigenvalue weighted by Gasteiger charge is -2.37. The molecule has 1 unspecified atom stereocenters. The number of nitrogens with zero attached hydrogens (tertiary/aromatic N) is 3. The van der Waals surface area contributed by atoms with Gasteiger partial charge in [0.05, 0.1) is 17.1 Å². The van der Waals surface area contributed by atoms with Crippen molar-refractivity contribution in [1.82, 2.24) is 25.3 Å². The maximum absolute atomic E-state index is 15.3. The van der Waals surface area contributed by atoms with E-state index in [1.54, 1.807) is 4.68 Å². The molecule has 0 radical (unpaired) electrons. The topological polar surface area (TPSA) is 79.3 Å². The summed E-state index contributed by atoms with van der Waals surface area (Å²) in [5.74, 6) is -0.368. The van der Waals surface area contributed by atoms with Gasteiger partial charge in [0.25, 0.3) is 0 Å². The second kappa shape index (κ2) is 8.90. The SMILES string of the molecule is Cn1nc(C2CCC(=O)NC2=O)c2ccc([C@@H]3CCN(CC4CCNCC4)C[C@H]3F)cc21. The van der Waals surface area contributed by atoms with Crippen molar-refractivity contribution in [2.45, 2.75) is 50.1 Å². The standard InChI is InChI=1S/C24H32FN5O2/c1-29-21-12-16(2-3-18(21)23(28-29)19-4-5-22(31)27-24(19)32)17-8-11-30(14-20(17)25)13-15-6-9-26-10-7-15/h2-3,12,15,17,19-20,26H,4-11,13-14H2,1H3,(H,27,31,32)/t17-,19?,20+/m0/s1. The molecular formula is C24H32FN5O2. The Morgan fingerprint density at radius 3 is 2.72 bits per heavy atom. The first-order chi connectivity index (χ1) is 15.5. The van der Waals surface area contributed by atoms with Crippen molar-refractivity contribution in [3.05, 3.63) is 29.5 Å². The first-order valence-corrected chi connectivity index (χ1v) is 11.9. The second-order valence-electron chi connectivity index (χ2n) is 9.65. The normalized spacial score (nSPS) is 28.2. The maximum atomic E-state index is 15.3. The number of carbonyl (C=O) groups excluding carboxylic acids is 2. The van der Waals surface area contributed by atoms with Gasteiger partial charge in [-0.2, -0.15) is 5.10 Å². The lowest BCUT2D eigenvalue weighted by atomic mass is 9.86. The molecule has 2 aromatic rings. The molecule has 3 aliphatic rings. The molecule has 7 nitrogen and oxygen atoms in total. The van der Waals surface area contributed by atoms with Gasteiger partial charge in [-0.05, 0) is 62.9 Å². The van der Waals surface area contributed by atoms with Crippen molar-refractivity contribution in [3.63, 3.8) is 0 Å². The van der Waals surface area contributed by atoms with Gasteiger partial charge in [0.2, 0.25) is 11.8 Å². The minimum Gasteiger partial charge on any atom is -0.317 e. The van der Waals surface area contributed by atoms with Gasteiger partial charge >= 0.3 is 0 Å². The van der Waals surface area contributed by atoms with Crippen LogP contribution in [-0.4, -0.2) is 65.4 Å². The Bertz CT molecular complexity index is 1020. The van der Waals surface area contributed by atoms with Crippen LogP contribution in [0.5, 0.6) is 0 Å².